The van der Waals surface area contributed by atoms with Gasteiger partial charge in [0.1, 0.15) is 0 Å². The summed E-state index contributed by atoms with van der Waals surface area (Å²) in [6.07, 6.45) is 3.44. The predicted octanol–water partition coefficient (Wildman–Crippen LogP) is 3.37. The van der Waals surface area contributed by atoms with E-state index in [-0.39, 0.29) is 16.1 Å². The monoisotopic (exact) mass is 345 g/mol. The Balaban J connectivity index is 2.07. The number of sulfonamides is 1. The molecular formula is C18H19NO4S. The average Bonchev–Trinajstić information content (AvgIpc) is 2.54. The summed E-state index contributed by atoms with van der Waals surface area (Å²) in [6, 6.07) is 10.0. The number of nitrogens with one attached hydrogen (secondary N) is 1. The van der Waals surface area contributed by atoms with Crippen LogP contribution in [0.2, 0.25) is 0 Å². The Kier molecular flexibility index (Phi) is 4.32. The Morgan fingerprint density at radius 2 is 1.79 bits per heavy atom. The van der Waals surface area contributed by atoms with Crippen LogP contribution in [0.3, 0.4) is 0 Å². The van der Waals surface area contributed by atoms with Gasteiger partial charge in [0.15, 0.2) is 0 Å². The van der Waals surface area contributed by atoms with Crippen molar-refractivity contribution in [2.75, 3.05) is 4.72 Å². The lowest BCUT2D eigenvalue weighted by Gasteiger charge is -2.21. The normalized spacial score (nSPS) is 14.0. The topological polar surface area (TPSA) is 83.5 Å². The zero-order chi connectivity index (χ0) is 17.3. The van der Waals surface area contributed by atoms with Gasteiger partial charge in [-0.15, -0.1) is 0 Å². The number of carboxylic acid groups (broad SMARTS) is 1. The smallest absolute Gasteiger partial charge is 0.338 e. The first-order valence-electron chi connectivity index (χ1n) is 7.86. The maximum absolute atomic E-state index is 12.7. The zero-order valence-electron chi connectivity index (χ0n) is 13.4. The Labute approximate surface area is 141 Å². The summed E-state index contributed by atoms with van der Waals surface area (Å²) < 4.78 is 27.8. The summed E-state index contributed by atoms with van der Waals surface area (Å²) >= 11 is 0. The third kappa shape index (κ3) is 3.01. The summed E-state index contributed by atoms with van der Waals surface area (Å²) in [5.41, 5.74) is 2.56. The number of rotatable bonds is 4. The number of hydrogen-bond donors (Lipinski definition) is 2. The molecule has 0 amide bonds. The molecule has 2 N–H and O–H groups in total. The van der Waals surface area contributed by atoms with Crippen molar-refractivity contribution in [3.8, 4) is 0 Å². The van der Waals surface area contributed by atoms with Gasteiger partial charge in [0.25, 0.3) is 10.0 Å². The molecular weight excluding hydrogens is 326 g/mol. The van der Waals surface area contributed by atoms with E-state index in [1.54, 1.807) is 31.2 Å². The van der Waals surface area contributed by atoms with Crippen LogP contribution in [0.1, 0.15) is 39.9 Å². The van der Waals surface area contributed by atoms with Gasteiger partial charge in [0.2, 0.25) is 0 Å². The number of fused-ring (bicyclic) bond motifs is 1. The highest BCUT2D eigenvalue weighted by Gasteiger charge is 2.25. The number of carbonyl (C=O) groups is 1. The number of carboxylic acids is 1. The second kappa shape index (κ2) is 6.28. The van der Waals surface area contributed by atoms with Crippen LogP contribution in [-0.2, 0) is 22.9 Å². The van der Waals surface area contributed by atoms with Crippen molar-refractivity contribution in [1.29, 1.82) is 0 Å². The maximum Gasteiger partial charge on any atom is 0.338 e. The van der Waals surface area contributed by atoms with Gasteiger partial charge >= 0.3 is 5.97 Å². The summed E-state index contributed by atoms with van der Waals surface area (Å²) in [5, 5.41) is 9.61. The molecule has 0 radical (unpaired) electrons. The fourth-order valence-corrected chi connectivity index (χ4v) is 4.53. The van der Waals surface area contributed by atoms with Gasteiger partial charge in [-0.2, -0.15) is 0 Å². The van der Waals surface area contributed by atoms with E-state index in [1.807, 2.05) is 6.07 Å². The van der Waals surface area contributed by atoms with Gasteiger partial charge < -0.3 is 5.11 Å². The van der Waals surface area contributed by atoms with Crippen molar-refractivity contribution in [1.82, 2.24) is 0 Å². The largest absolute Gasteiger partial charge is 0.478 e. The molecule has 24 heavy (non-hydrogen) atoms. The van der Waals surface area contributed by atoms with Crippen molar-refractivity contribution in [3.63, 3.8) is 0 Å². The fourth-order valence-electron chi connectivity index (χ4n) is 3.21. The molecule has 0 heterocycles. The summed E-state index contributed by atoms with van der Waals surface area (Å²) in [6.45, 7) is 1.71. The molecule has 5 nitrogen and oxygen atoms in total. The van der Waals surface area contributed by atoms with Crippen LogP contribution in [0.5, 0.6) is 0 Å². The van der Waals surface area contributed by atoms with Gasteiger partial charge in [-0.25, -0.2) is 13.2 Å². The Bertz CT molecular complexity index is 903. The Morgan fingerprint density at radius 3 is 2.50 bits per heavy atom. The number of aromatic carboxylic acids is 1. The minimum absolute atomic E-state index is 0.0735. The van der Waals surface area contributed by atoms with E-state index in [2.05, 4.69) is 4.72 Å². The number of anilines is 1. The van der Waals surface area contributed by atoms with Gasteiger partial charge in [-0.05, 0) is 61.4 Å². The van der Waals surface area contributed by atoms with Crippen LogP contribution in [0, 0.1) is 6.92 Å². The molecule has 0 aliphatic heterocycles. The van der Waals surface area contributed by atoms with Crippen molar-refractivity contribution < 1.29 is 18.3 Å². The van der Waals surface area contributed by atoms with Crippen molar-refractivity contribution >= 4 is 21.7 Å². The molecule has 0 aromatic heterocycles. The van der Waals surface area contributed by atoms with Gasteiger partial charge in [0, 0.05) is 0 Å². The van der Waals surface area contributed by atoms with Crippen LogP contribution in [-0.4, -0.2) is 19.5 Å². The minimum Gasteiger partial charge on any atom is -0.478 e. The lowest BCUT2D eigenvalue weighted by atomic mass is 9.87. The molecule has 126 valence electrons. The number of hydrogen-bond acceptors (Lipinski definition) is 3. The highest BCUT2D eigenvalue weighted by molar-refractivity contribution is 7.92. The lowest BCUT2D eigenvalue weighted by molar-refractivity contribution is 0.0696. The number of benzene rings is 2. The molecule has 0 atom stereocenters. The second-order valence-electron chi connectivity index (χ2n) is 6.01. The van der Waals surface area contributed by atoms with E-state index in [0.717, 1.165) is 30.4 Å². The van der Waals surface area contributed by atoms with Crippen molar-refractivity contribution in [2.24, 2.45) is 0 Å². The van der Waals surface area contributed by atoms with Crippen LogP contribution in [0.25, 0.3) is 0 Å². The molecule has 2 aromatic carbocycles. The van der Waals surface area contributed by atoms with E-state index in [4.69, 9.17) is 0 Å². The lowest BCUT2D eigenvalue weighted by Crippen LogP contribution is -2.19. The molecule has 2 aromatic rings. The first-order valence-corrected chi connectivity index (χ1v) is 9.35. The summed E-state index contributed by atoms with van der Waals surface area (Å²) in [7, 11) is -3.84. The first kappa shape index (κ1) is 16.5. The fraction of sp³-hybridized carbons (Fsp3) is 0.278. The van der Waals surface area contributed by atoms with E-state index in [9.17, 15) is 18.3 Å². The highest BCUT2D eigenvalue weighted by Crippen LogP contribution is 2.31. The van der Waals surface area contributed by atoms with Crippen molar-refractivity contribution in [2.45, 2.75) is 37.5 Å². The van der Waals surface area contributed by atoms with Crippen LogP contribution in [0.15, 0.2) is 41.3 Å². The quantitative estimate of drug-likeness (QED) is 0.890. The molecule has 1 aliphatic rings. The second-order valence-corrected chi connectivity index (χ2v) is 7.66. The SMILES string of the molecule is Cc1ccccc1S(=O)(=O)Nc1ccc2c(c1C(=O)O)CCCC2. The van der Waals surface area contributed by atoms with E-state index in [1.165, 1.54) is 6.07 Å². The van der Waals surface area contributed by atoms with E-state index in [0.29, 0.717) is 12.0 Å². The molecule has 3 rings (SSSR count). The molecule has 0 fully saturated rings. The van der Waals surface area contributed by atoms with Gasteiger partial charge in [0.05, 0.1) is 16.1 Å². The average molecular weight is 345 g/mol. The van der Waals surface area contributed by atoms with Crippen molar-refractivity contribution in [3.05, 3.63) is 58.7 Å². The molecule has 6 heteroatoms. The van der Waals surface area contributed by atoms with Gasteiger partial charge in [-0.1, -0.05) is 24.3 Å². The molecule has 0 bridgehead atoms. The third-order valence-electron chi connectivity index (χ3n) is 4.37. The van der Waals surface area contributed by atoms with E-state index >= 15 is 0 Å². The Hall–Kier alpha value is -2.34. The molecule has 0 saturated carbocycles. The number of aryl methyl sites for hydroxylation is 2. The third-order valence-corrected chi connectivity index (χ3v) is 5.90. The van der Waals surface area contributed by atoms with E-state index < -0.39 is 16.0 Å². The summed E-state index contributed by atoms with van der Waals surface area (Å²) in [5.74, 6) is -1.10. The maximum atomic E-state index is 12.7. The molecule has 0 unspecified atom stereocenters. The molecule has 1 aliphatic carbocycles. The zero-order valence-corrected chi connectivity index (χ0v) is 14.2. The summed E-state index contributed by atoms with van der Waals surface area (Å²) in [4.78, 5) is 11.9. The predicted molar refractivity (Wildman–Crippen MR) is 92.0 cm³/mol. The van der Waals surface area contributed by atoms with Crippen LogP contribution >= 0.6 is 0 Å². The van der Waals surface area contributed by atoms with Crippen LogP contribution < -0.4 is 4.72 Å². The minimum atomic E-state index is -3.84. The first-order chi connectivity index (χ1) is 11.4. The highest BCUT2D eigenvalue weighted by atomic mass is 32.2. The standard InChI is InChI=1S/C18H19NO4S/c1-12-6-2-5-9-16(12)24(22,23)19-15-11-10-13-7-3-4-8-14(13)17(15)18(20)21/h2,5-6,9-11,19H,3-4,7-8H2,1H3,(H,20,21). The molecule has 0 spiro atoms. The van der Waals surface area contributed by atoms with Gasteiger partial charge in [-0.3, -0.25) is 4.72 Å². The Morgan fingerprint density at radius 1 is 1.08 bits per heavy atom. The molecule has 0 saturated heterocycles. The van der Waals surface area contributed by atoms with Crippen LogP contribution in [0.4, 0.5) is 5.69 Å².